The summed E-state index contributed by atoms with van der Waals surface area (Å²) in [6, 6.07) is 2.78. The molecule has 0 bridgehead atoms. The number of ether oxygens (including phenoxy) is 1. The largest absolute Gasteiger partial charge is 0.477 e. The van der Waals surface area contributed by atoms with Crippen molar-refractivity contribution in [2.45, 2.75) is 32.1 Å². The second kappa shape index (κ2) is 7.76. The molecule has 0 aliphatic carbocycles. The predicted molar refractivity (Wildman–Crippen MR) is 88.3 cm³/mol. The molecule has 1 aromatic heterocycles. The molecule has 2 fully saturated rings. The third-order valence-corrected chi connectivity index (χ3v) is 6.64. The van der Waals surface area contributed by atoms with Crippen molar-refractivity contribution in [3.05, 3.63) is 24.1 Å². The van der Waals surface area contributed by atoms with E-state index in [1.165, 1.54) is 12.1 Å². The minimum absolute atomic E-state index is 0.138. The highest BCUT2D eigenvalue weighted by Gasteiger charge is 2.35. The van der Waals surface area contributed by atoms with E-state index < -0.39 is 16.0 Å². The fourth-order valence-corrected chi connectivity index (χ4v) is 5.01. The van der Waals surface area contributed by atoms with E-state index in [0.717, 1.165) is 38.3 Å². The maximum absolute atomic E-state index is 12.8. The Morgan fingerprint density at radius 2 is 1.88 bits per heavy atom. The number of nitrogens with zero attached hydrogens (tertiary/aromatic N) is 3. The van der Waals surface area contributed by atoms with Gasteiger partial charge in [-0.3, -0.25) is 0 Å². The van der Waals surface area contributed by atoms with Crippen LogP contribution in [0.4, 0.5) is 4.39 Å². The van der Waals surface area contributed by atoms with Crippen molar-refractivity contribution in [2.75, 3.05) is 32.8 Å². The number of hydrogen-bond acceptors (Lipinski definition) is 4. The molecule has 6 nitrogen and oxygen atoms in total. The molecule has 2 aliphatic rings. The number of aromatic nitrogens is 1. The summed E-state index contributed by atoms with van der Waals surface area (Å²) in [4.78, 5) is 3.85. The molecule has 0 radical (unpaired) electrons. The van der Waals surface area contributed by atoms with Crippen LogP contribution >= 0.6 is 0 Å². The molecular formula is C16H24FN3O3S. The lowest BCUT2D eigenvalue weighted by Gasteiger charge is -2.26. The van der Waals surface area contributed by atoms with Crippen LogP contribution in [0.25, 0.3) is 0 Å². The lowest BCUT2D eigenvalue weighted by molar-refractivity contribution is 0.244. The Bertz CT molecular complexity index is 630. The molecule has 24 heavy (non-hydrogen) atoms. The third kappa shape index (κ3) is 4.23. The van der Waals surface area contributed by atoms with Crippen LogP contribution in [0.1, 0.15) is 32.1 Å². The quantitative estimate of drug-likeness (QED) is 0.809. The van der Waals surface area contributed by atoms with E-state index in [0.29, 0.717) is 38.7 Å². The lowest BCUT2D eigenvalue weighted by atomic mass is 10.1. The monoisotopic (exact) mass is 357 g/mol. The zero-order valence-electron chi connectivity index (χ0n) is 13.7. The molecule has 1 unspecified atom stereocenters. The Hall–Kier alpha value is -1.25. The van der Waals surface area contributed by atoms with E-state index in [2.05, 4.69) is 4.98 Å². The van der Waals surface area contributed by atoms with Crippen LogP contribution in [0.3, 0.4) is 0 Å². The van der Waals surface area contributed by atoms with Crippen molar-refractivity contribution in [3.8, 4) is 5.88 Å². The van der Waals surface area contributed by atoms with Crippen LogP contribution in [0.2, 0.25) is 0 Å². The highest BCUT2D eigenvalue weighted by Crippen LogP contribution is 2.24. The van der Waals surface area contributed by atoms with Crippen molar-refractivity contribution in [1.29, 1.82) is 0 Å². The van der Waals surface area contributed by atoms with Crippen molar-refractivity contribution < 1.29 is 17.5 Å². The molecular weight excluding hydrogens is 333 g/mol. The summed E-state index contributed by atoms with van der Waals surface area (Å²) < 4.78 is 47.1. The van der Waals surface area contributed by atoms with Gasteiger partial charge in [-0.1, -0.05) is 12.8 Å². The van der Waals surface area contributed by atoms with Crippen LogP contribution < -0.4 is 4.74 Å². The Morgan fingerprint density at radius 3 is 2.54 bits per heavy atom. The molecule has 0 amide bonds. The van der Waals surface area contributed by atoms with E-state index >= 15 is 0 Å². The fourth-order valence-electron chi connectivity index (χ4n) is 3.23. The van der Waals surface area contributed by atoms with E-state index in [1.54, 1.807) is 8.61 Å². The first-order valence-electron chi connectivity index (χ1n) is 8.55. The van der Waals surface area contributed by atoms with E-state index in [1.807, 2.05) is 0 Å². The van der Waals surface area contributed by atoms with E-state index in [4.69, 9.17) is 4.74 Å². The van der Waals surface area contributed by atoms with Crippen molar-refractivity contribution in [3.63, 3.8) is 0 Å². The van der Waals surface area contributed by atoms with Gasteiger partial charge in [-0.05, 0) is 25.3 Å². The topological polar surface area (TPSA) is 62.7 Å². The van der Waals surface area contributed by atoms with Crippen LogP contribution in [0, 0.1) is 11.7 Å². The molecule has 0 N–H and O–H groups in total. The average Bonchev–Trinajstić information content (AvgIpc) is 2.88. The maximum Gasteiger partial charge on any atom is 0.281 e. The molecule has 0 spiro atoms. The summed E-state index contributed by atoms with van der Waals surface area (Å²) in [5.74, 6) is 0.0989. The summed E-state index contributed by atoms with van der Waals surface area (Å²) in [5.41, 5.74) is 0. The normalized spacial score (nSPS) is 24.0. The van der Waals surface area contributed by atoms with Gasteiger partial charge in [-0.25, -0.2) is 9.37 Å². The number of halogens is 1. The molecule has 1 atom stereocenters. The summed E-state index contributed by atoms with van der Waals surface area (Å²) >= 11 is 0. The van der Waals surface area contributed by atoms with Gasteiger partial charge < -0.3 is 4.74 Å². The van der Waals surface area contributed by atoms with E-state index in [-0.39, 0.29) is 5.92 Å². The first kappa shape index (κ1) is 17.6. The van der Waals surface area contributed by atoms with Gasteiger partial charge in [0.1, 0.15) is 5.82 Å². The minimum Gasteiger partial charge on any atom is -0.477 e. The molecule has 0 aromatic carbocycles. The van der Waals surface area contributed by atoms with Gasteiger partial charge in [-0.2, -0.15) is 17.0 Å². The zero-order valence-corrected chi connectivity index (χ0v) is 14.5. The molecule has 2 saturated heterocycles. The highest BCUT2D eigenvalue weighted by atomic mass is 32.2. The second-order valence-electron chi connectivity index (χ2n) is 6.46. The Morgan fingerprint density at radius 1 is 1.12 bits per heavy atom. The van der Waals surface area contributed by atoms with Crippen LogP contribution in [-0.2, 0) is 10.2 Å². The molecule has 8 heteroatoms. The Kier molecular flexibility index (Phi) is 5.68. The zero-order chi connectivity index (χ0) is 17.0. The van der Waals surface area contributed by atoms with Crippen LogP contribution in [0.5, 0.6) is 5.88 Å². The molecule has 3 rings (SSSR count). The summed E-state index contributed by atoms with van der Waals surface area (Å²) in [6.07, 6.45) is 5.97. The number of pyridine rings is 1. The van der Waals surface area contributed by atoms with Gasteiger partial charge in [0.15, 0.2) is 0 Å². The van der Waals surface area contributed by atoms with Crippen LogP contribution in [0.15, 0.2) is 18.3 Å². The highest BCUT2D eigenvalue weighted by molar-refractivity contribution is 7.86. The smallest absolute Gasteiger partial charge is 0.281 e. The number of hydrogen-bond donors (Lipinski definition) is 0. The van der Waals surface area contributed by atoms with Gasteiger partial charge >= 0.3 is 0 Å². The molecule has 3 heterocycles. The summed E-state index contributed by atoms with van der Waals surface area (Å²) in [7, 11) is -3.36. The first-order valence-corrected chi connectivity index (χ1v) is 9.95. The number of rotatable bonds is 5. The molecule has 0 saturated carbocycles. The van der Waals surface area contributed by atoms with E-state index in [9.17, 15) is 12.8 Å². The summed E-state index contributed by atoms with van der Waals surface area (Å²) in [5, 5.41) is 0. The maximum atomic E-state index is 12.8. The van der Waals surface area contributed by atoms with Crippen molar-refractivity contribution in [1.82, 2.24) is 13.6 Å². The molecule has 1 aromatic rings. The first-order chi connectivity index (χ1) is 11.6. The van der Waals surface area contributed by atoms with Gasteiger partial charge in [0.05, 0.1) is 12.8 Å². The SMILES string of the molecule is O=S(=O)(N1CCCCCC1)N1CCC(COc2ccc(F)cn2)C1. The van der Waals surface area contributed by atoms with Crippen molar-refractivity contribution in [2.24, 2.45) is 5.92 Å². The summed E-state index contributed by atoms with van der Waals surface area (Å²) in [6.45, 7) is 2.65. The van der Waals surface area contributed by atoms with Gasteiger partial charge in [0.2, 0.25) is 5.88 Å². The lowest BCUT2D eigenvalue weighted by Crippen LogP contribution is -2.43. The standard InChI is InChI=1S/C16H24FN3O3S/c17-15-5-6-16(18-11-15)23-13-14-7-10-20(12-14)24(21,22)19-8-3-1-2-4-9-19/h5-6,11,14H,1-4,7-10,12-13H2. The Labute approximate surface area is 142 Å². The van der Waals surface area contributed by atoms with Crippen LogP contribution in [-0.4, -0.2) is 54.8 Å². The van der Waals surface area contributed by atoms with Gasteiger partial charge in [0, 0.05) is 38.2 Å². The Balaban J connectivity index is 1.53. The molecule has 2 aliphatic heterocycles. The fraction of sp³-hybridized carbons (Fsp3) is 0.688. The minimum atomic E-state index is -3.36. The average molecular weight is 357 g/mol. The predicted octanol–water partition coefficient (Wildman–Crippen LogP) is 2.04. The third-order valence-electron chi connectivity index (χ3n) is 4.63. The van der Waals surface area contributed by atoms with Crippen molar-refractivity contribution >= 4 is 10.2 Å². The van der Waals surface area contributed by atoms with Gasteiger partial charge in [0.25, 0.3) is 10.2 Å². The molecule has 134 valence electrons. The second-order valence-corrected chi connectivity index (χ2v) is 8.39. The van der Waals surface area contributed by atoms with Gasteiger partial charge in [-0.15, -0.1) is 0 Å².